The fourth-order valence-electron chi connectivity index (χ4n) is 3.36. The molecule has 0 bridgehead atoms. The Balaban J connectivity index is 1.28. The van der Waals surface area contributed by atoms with Crippen molar-refractivity contribution in [3.05, 3.63) is 58.6 Å². The molecule has 0 radical (unpaired) electrons. The van der Waals surface area contributed by atoms with Crippen molar-refractivity contribution in [2.75, 3.05) is 31.1 Å². The number of anilines is 1. The minimum Gasteiger partial charge on any atom is -0.353 e. The summed E-state index contributed by atoms with van der Waals surface area (Å²) in [6.07, 6.45) is 1.74. The monoisotopic (exact) mass is 363 g/mol. The van der Waals surface area contributed by atoms with Crippen molar-refractivity contribution in [3.8, 4) is 0 Å². The summed E-state index contributed by atoms with van der Waals surface area (Å²) in [6, 6.07) is 11.0. The lowest BCUT2D eigenvalue weighted by Gasteiger charge is -2.34. The third-order valence-corrected chi connectivity index (χ3v) is 4.76. The SMILES string of the molecule is O=c1cc(CN2CCN(c3ccc4nnnn4n3)CC2)nc2ccccn12. The molecule has 0 spiro atoms. The van der Waals surface area contributed by atoms with Gasteiger partial charge in [0.15, 0.2) is 11.5 Å². The van der Waals surface area contributed by atoms with Gasteiger partial charge >= 0.3 is 0 Å². The smallest absolute Gasteiger partial charge is 0.258 e. The standard InChI is InChI=1S/C17H17N9O/c27-17-11-13(18-14-3-1-2-6-25(14)17)12-23-7-9-24(10-8-23)16-5-4-15-19-21-22-26(15)20-16/h1-6,11H,7-10,12H2. The summed E-state index contributed by atoms with van der Waals surface area (Å²) in [5, 5.41) is 15.8. The van der Waals surface area contributed by atoms with E-state index in [1.807, 2.05) is 30.3 Å². The van der Waals surface area contributed by atoms with E-state index in [2.05, 4.69) is 35.4 Å². The molecule has 0 aromatic carbocycles. The molecule has 1 aliphatic heterocycles. The molecule has 10 heteroatoms. The number of pyridine rings is 1. The van der Waals surface area contributed by atoms with Gasteiger partial charge < -0.3 is 4.90 Å². The topological polar surface area (TPSA) is 96.8 Å². The molecule has 0 amide bonds. The van der Waals surface area contributed by atoms with Gasteiger partial charge in [-0.2, -0.15) is 0 Å². The first-order chi connectivity index (χ1) is 13.3. The van der Waals surface area contributed by atoms with E-state index in [1.165, 1.54) is 4.63 Å². The Morgan fingerprint density at radius 1 is 1.00 bits per heavy atom. The van der Waals surface area contributed by atoms with Gasteiger partial charge in [-0.3, -0.25) is 14.1 Å². The van der Waals surface area contributed by atoms with Crippen LogP contribution in [0.5, 0.6) is 0 Å². The summed E-state index contributed by atoms with van der Waals surface area (Å²) >= 11 is 0. The van der Waals surface area contributed by atoms with E-state index in [0.717, 1.165) is 37.7 Å². The molecule has 27 heavy (non-hydrogen) atoms. The Morgan fingerprint density at radius 3 is 2.78 bits per heavy atom. The van der Waals surface area contributed by atoms with Gasteiger partial charge in [-0.15, -0.1) is 14.8 Å². The number of piperazine rings is 1. The first-order valence-corrected chi connectivity index (χ1v) is 8.76. The Morgan fingerprint density at radius 2 is 1.89 bits per heavy atom. The maximum Gasteiger partial charge on any atom is 0.258 e. The van der Waals surface area contributed by atoms with Crippen molar-refractivity contribution in [1.29, 1.82) is 0 Å². The van der Waals surface area contributed by atoms with E-state index in [1.54, 1.807) is 16.7 Å². The molecule has 4 aromatic heterocycles. The van der Waals surface area contributed by atoms with E-state index >= 15 is 0 Å². The van der Waals surface area contributed by atoms with Crippen LogP contribution in [0.1, 0.15) is 5.69 Å². The van der Waals surface area contributed by atoms with Crippen LogP contribution in [0.15, 0.2) is 47.4 Å². The van der Waals surface area contributed by atoms with Crippen LogP contribution in [0.3, 0.4) is 0 Å². The highest BCUT2D eigenvalue weighted by atomic mass is 16.1. The summed E-state index contributed by atoms with van der Waals surface area (Å²) < 4.78 is 3.00. The molecule has 0 atom stereocenters. The molecule has 0 aliphatic carbocycles. The fraction of sp³-hybridized carbons (Fsp3) is 0.294. The zero-order chi connectivity index (χ0) is 18.2. The molecular weight excluding hydrogens is 346 g/mol. The van der Waals surface area contributed by atoms with E-state index in [0.29, 0.717) is 17.8 Å². The first kappa shape index (κ1) is 15.8. The van der Waals surface area contributed by atoms with E-state index in [4.69, 9.17) is 0 Å². The van der Waals surface area contributed by atoms with Gasteiger partial charge in [0, 0.05) is 45.0 Å². The molecule has 4 aromatic rings. The molecule has 10 nitrogen and oxygen atoms in total. The van der Waals surface area contributed by atoms with Gasteiger partial charge in [-0.1, -0.05) is 6.07 Å². The highest BCUT2D eigenvalue weighted by Crippen LogP contribution is 2.14. The fourth-order valence-corrected chi connectivity index (χ4v) is 3.36. The Kier molecular flexibility index (Phi) is 3.75. The normalized spacial score (nSPS) is 15.6. The van der Waals surface area contributed by atoms with E-state index in [9.17, 15) is 4.79 Å². The van der Waals surface area contributed by atoms with Crippen molar-refractivity contribution in [3.63, 3.8) is 0 Å². The predicted molar refractivity (Wildman–Crippen MR) is 97.5 cm³/mol. The maximum atomic E-state index is 12.2. The number of fused-ring (bicyclic) bond motifs is 2. The number of rotatable bonds is 3. The van der Waals surface area contributed by atoms with Crippen molar-refractivity contribution >= 4 is 17.1 Å². The van der Waals surface area contributed by atoms with Gasteiger partial charge in [-0.05, 0) is 34.7 Å². The van der Waals surface area contributed by atoms with Crippen molar-refractivity contribution in [2.24, 2.45) is 0 Å². The van der Waals surface area contributed by atoms with Crippen LogP contribution in [0.25, 0.3) is 11.3 Å². The number of hydrogen-bond donors (Lipinski definition) is 0. The highest BCUT2D eigenvalue weighted by Gasteiger charge is 2.19. The van der Waals surface area contributed by atoms with Gasteiger partial charge in [0.1, 0.15) is 5.65 Å². The number of tetrazole rings is 1. The number of nitrogens with zero attached hydrogens (tertiary/aromatic N) is 9. The maximum absolute atomic E-state index is 12.2. The van der Waals surface area contributed by atoms with Gasteiger partial charge in [0.2, 0.25) is 0 Å². The lowest BCUT2D eigenvalue weighted by Crippen LogP contribution is -2.46. The molecule has 1 aliphatic rings. The van der Waals surface area contributed by atoms with Crippen LogP contribution < -0.4 is 10.5 Å². The number of aromatic nitrogens is 7. The van der Waals surface area contributed by atoms with Gasteiger partial charge in [-0.25, -0.2) is 4.98 Å². The van der Waals surface area contributed by atoms with Gasteiger partial charge in [0.25, 0.3) is 5.56 Å². The minimum atomic E-state index is -0.0480. The van der Waals surface area contributed by atoms with Crippen molar-refractivity contribution in [2.45, 2.75) is 6.54 Å². The largest absolute Gasteiger partial charge is 0.353 e. The Bertz CT molecular complexity index is 1160. The summed E-state index contributed by atoms with van der Waals surface area (Å²) in [7, 11) is 0. The van der Waals surface area contributed by atoms with Crippen LogP contribution >= 0.6 is 0 Å². The Labute approximate surface area is 153 Å². The molecular formula is C17H17N9O. The second kappa shape index (κ2) is 6.40. The second-order valence-electron chi connectivity index (χ2n) is 6.50. The van der Waals surface area contributed by atoms with Crippen LogP contribution in [-0.2, 0) is 6.54 Å². The van der Waals surface area contributed by atoms with Crippen molar-refractivity contribution < 1.29 is 0 Å². The number of hydrogen-bond acceptors (Lipinski definition) is 8. The van der Waals surface area contributed by atoms with Crippen LogP contribution in [-0.4, -0.2) is 65.7 Å². The predicted octanol–water partition coefficient (Wildman–Crippen LogP) is -0.151. The molecule has 1 fully saturated rings. The zero-order valence-corrected chi connectivity index (χ0v) is 14.5. The molecule has 0 saturated carbocycles. The third kappa shape index (κ3) is 2.99. The highest BCUT2D eigenvalue weighted by molar-refractivity contribution is 5.44. The van der Waals surface area contributed by atoms with Crippen LogP contribution in [0.4, 0.5) is 5.82 Å². The Hall–Kier alpha value is -3.40. The summed E-state index contributed by atoms with van der Waals surface area (Å²) in [5.41, 5.74) is 2.06. The lowest BCUT2D eigenvalue weighted by molar-refractivity contribution is 0.246. The molecule has 1 saturated heterocycles. The van der Waals surface area contributed by atoms with Crippen LogP contribution in [0.2, 0.25) is 0 Å². The lowest BCUT2D eigenvalue weighted by atomic mass is 10.2. The molecule has 5 heterocycles. The summed E-state index contributed by atoms with van der Waals surface area (Å²) in [5.74, 6) is 0.858. The minimum absolute atomic E-state index is 0.0480. The quantitative estimate of drug-likeness (QED) is 0.496. The molecule has 0 unspecified atom stereocenters. The van der Waals surface area contributed by atoms with Gasteiger partial charge in [0.05, 0.1) is 5.69 Å². The van der Waals surface area contributed by atoms with Crippen molar-refractivity contribution in [1.82, 2.24) is 39.5 Å². The molecule has 5 rings (SSSR count). The second-order valence-corrected chi connectivity index (χ2v) is 6.50. The zero-order valence-electron chi connectivity index (χ0n) is 14.5. The first-order valence-electron chi connectivity index (χ1n) is 8.76. The average Bonchev–Trinajstić information content (AvgIpc) is 3.16. The summed E-state index contributed by atoms with van der Waals surface area (Å²) in [4.78, 5) is 21.3. The third-order valence-electron chi connectivity index (χ3n) is 4.76. The summed E-state index contributed by atoms with van der Waals surface area (Å²) in [6.45, 7) is 4.07. The molecule has 136 valence electrons. The van der Waals surface area contributed by atoms with E-state index < -0.39 is 0 Å². The average molecular weight is 363 g/mol. The molecule has 0 N–H and O–H groups in total. The van der Waals surface area contributed by atoms with Crippen LogP contribution in [0, 0.1) is 0 Å². The van der Waals surface area contributed by atoms with E-state index in [-0.39, 0.29) is 5.56 Å².